The van der Waals surface area contributed by atoms with Gasteiger partial charge in [0.05, 0.1) is 17.6 Å². The minimum atomic E-state index is 0.105. The molecule has 2 rings (SSSR count). The second kappa shape index (κ2) is 4.08. The van der Waals surface area contributed by atoms with Crippen molar-refractivity contribution in [2.24, 2.45) is 0 Å². The number of anilines is 1. The van der Waals surface area contributed by atoms with Gasteiger partial charge in [-0.1, -0.05) is 11.6 Å². The summed E-state index contributed by atoms with van der Waals surface area (Å²) in [5.74, 6) is 0.737. The number of nitrogens with zero attached hydrogens (tertiary/aromatic N) is 2. The number of fused-ring (bicyclic) bond motifs is 1. The van der Waals surface area contributed by atoms with E-state index in [9.17, 15) is 0 Å². The number of benzene rings is 1. The molecule has 15 heavy (non-hydrogen) atoms. The van der Waals surface area contributed by atoms with E-state index in [0.29, 0.717) is 11.6 Å². The van der Waals surface area contributed by atoms with Gasteiger partial charge in [-0.3, -0.25) is 0 Å². The molecule has 0 aliphatic rings. The minimum Gasteiger partial charge on any atom is -0.395 e. The zero-order valence-corrected chi connectivity index (χ0v) is 9.12. The summed E-state index contributed by atoms with van der Waals surface area (Å²) in [5.41, 5.74) is 1.78. The van der Waals surface area contributed by atoms with Crippen molar-refractivity contribution in [1.82, 2.24) is 9.97 Å². The predicted octanol–water partition coefficient (Wildman–Crippen LogP) is 1.64. The Hall–Kier alpha value is -1.26. The molecule has 2 aromatic rings. The van der Waals surface area contributed by atoms with E-state index in [4.69, 9.17) is 16.7 Å². The first-order chi connectivity index (χ1) is 7.20. The molecular formula is C10H12ClN3O. The van der Waals surface area contributed by atoms with E-state index in [0.717, 1.165) is 17.0 Å². The van der Waals surface area contributed by atoms with E-state index in [-0.39, 0.29) is 6.61 Å². The van der Waals surface area contributed by atoms with Gasteiger partial charge in [-0.25, -0.2) is 4.98 Å². The number of aliphatic hydroxyl groups is 1. The van der Waals surface area contributed by atoms with Gasteiger partial charge in [-0.15, -0.1) is 0 Å². The number of hydrogen-bond donors (Lipinski definition) is 2. The second-order valence-electron chi connectivity index (χ2n) is 3.37. The van der Waals surface area contributed by atoms with Crippen molar-refractivity contribution in [3.05, 3.63) is 23.2 Å². The smallest absolute Gasteiger partial charge is 0.203 e. The summed E-state index contributed by atoms with van der Waals surface area (Å²) in [6.45, 7) is 0.655. The molecule has 0 atom stereocenters. The number of halogens is 1. The van der Waals surface area contributed by atoms with Crippen LogP contribution in [0.4, 0.5) is 5.95 Å². The summed E-state index contributed by atoms with van der Waals surface area (Å²) in [5, 5.41) is 9.50. The van der Waals surface area contributed by atoms with Gasteiger partial charge in [0.1, 0.15) is 0 Å². The molecule has 0 unspecified atom stereocenters. The average Bonchev–Trinajstić information content (AvgIpc) is 2.60. The van der Waals surface area contributed by atoms with E-state index in [1.54, 1.807) is 6.07 Å². The summed E-state index contributed by atoms with van der Waals surface area (Å²) in [6.07, 6.45) is 0. The van der Waals surface area contributed by atoms with Crippen LogP contribution in [0.3, 0.4) is 0 Å². The molecule has 0 aliphatic heterocycles. The molecular weight excluding hydrogens is 214 g/mol. The third kappa shape index (κ3) is 2.06. The largest absolute Gasteiger partial charge is 0.395 e. The van der Waals surface area contributed by atoms with E-state index < -0.39 is 0 Å². The average molecular weight is 226 g/mol. The molecule has 0 spiro atoms. The summed E-state index contributed by atoms with van der Waals surface area (Å²) < 4.78 is 0. The fraction of sp³-hybridized carbons (Fsp3) is 0.300. The van der Waals surface area contributed by atoms with Crippen LogP contribution in [0, 0.1) is 0 Å². The SMILES string of the molecule is CN(CCO)c1nc2ccc(Cl)cc2[nH]1. The Bertz CT molecular complexity index is 469. The Morgan fingerprint density at radius 2 is 2.33 bits per heavy atom. The van der Waals surface area contributed by atoms with Crippen molar-refractivity contribution in [2.75, 3.05) is 25.1 Å². The summed E-state index contributed by atoms with van der Waals surface area (Å²) in [6, 6.07) is 5.51. The Morgan fingerprint density at radius 1 is 1.53 bits per heavy atom. The van der Waals surface area contributed by atoms with Crippen molar-refractivity contribution >= 4 is 28.6 Å². The van der Waals surface area contributed by atoms with E-state index in [1.807, 2.05) is 24.1 Å². The number of aromatic amines is 1. The van der Waals surface area contributed by atoms with Gasteiger partial charge in [0.25, 0.3) is 0 Å². The number of H-pyrrole nitrogens is 1. The van der Waals surface area contributed by atoms with Crippen LogP contribution in [0.1, 0.15) is 0 Å². The molecule has 4 nitrogen and oxygen atoms in total. The maximum Gasteiger partial charge on any atom is 0.203 e. The molecule has 0 saturated carbocycles. The lowest BCUT2D eigenvalue weighted by Crippen LogP contribution is -2.22. The van der Waals surface area contributed by atoms with Crippen molar-refractivity contribution in [2.45, 2.75) is 0 Å². The van der Waals surface area contributed by atoms with Crippen LogP contribution in [0.5, 0.6) is 0 Å². The Balaban J connectivity index is 2.38. The highest BCUT2D eigenvalue weighted by Crippen LogP contribution is 2.20. The Kier molecular flexibility index (Phi) is 2.79. The van der Waals surface area contributed by atoms with Crippen LogP contribution in [0.2, 0.25) is 5.02 Å². The van der Waals surface area contributed by atoms with E-state index >= 15 is 0 Å². The second-order valence-corrected chi connectivity index (χ2v) is 3.80. The van der Waals surface area contributed by atoms with Gasteiger partial charge in [-0.05, 0) is 18.2 Å². The maximum atomic E-state index is 8.81. The number of likely N-dealkylation sites (N-methyl/N-ethyl adjacent to an activating group) is 1. The monoisotopic (exact) mass is 225 g/mol. The number of aliphatic hydroxyl groups excluding tert-OH is 1. The normalized spacial score (nSPS) is 10.9. The molecule has 2 N–H and O–H groups in total. The molecule has 0 bridgehead atoms. The quantitative estimate of drug-likeness (QED) is 0.835. The van der Waals surface area contributed by atoms with Gasteiger partial charge in [0.2, 0.25) is 5.95 Å². The van der Waals surface area contributed by atoms with Crippen LogP contribution < -0.4 is 4.90 Å². The Morgan fingerprint density at radius 3 is 3.07 bits per heavy atom. The maximum absolute atomic E-state index is 8.81. The van der Waals surface area contributed by atoms with Crippen molar-refractivity contribution in [3.63, 3.8) is 0 Å². The highest BCUT2D eigenvalue weighted by molar-refractivity contribution is 6.31. The number of aromatic nitrogens is 2. The fourth-order valence-corrected chi connectivity index (χ4v) is 1.58. The van der Waals surface area contributed by atoms with E-state index in [1.165, 1.54) is 0 Å². The first-order valence-corrected chi connectivity index (χ1v) is 5.06. The number of hydrogen-bond acceptors (Lipinski definition) is 3. The molecule has 1 aromatic heterocycles. The van der Waals surface area contributed by atoms with Gasteiger partial charge >= 0.3 is 0 Å². The minimum absolute atomic E-state index is 0.105. The van der Waals surface area contributed by atoms with E-state index in [2.05, 4.69) is 9.97 Å². The zero-order chi connectivity index (χ0) is 10.8. The standard InChI is InChI=1S/C10H12ClN3O/c1-14(4-5-15)10-12-8-3-2-7(11)6-9(8)13-10/h2-3,6,15H,4-5H2,1H3,(H,12,13). The third-order valence-electron chi connectivity index (χ3n) is 2.23. The van der Waals surface area contributed by atoms with Gasteiger partial charge in [-0.2, -0.15) is 0 Å². The lowest BCUT2D eigenvalue weighted by atomic mass is 10.3. The molecule has 0 radical (unpaired) electrons. The van der Waals surface area contributed by atoms with Crippen molar-refractivity contribution in [1.29, 1.82) is 0 Å². The summed E-state index contributed by atoms with van der Waals surface area (Å²) >= 11 is 5.87. The topological polar surface area (TPSA) is 52.1 Å². The van der Waals surface area contributed by atoms with Crippen LogP contribution >= 0.6 is 11.6 Å². The lowest BCUT2D eigenvalue weighted by molar-refractivity contribution is 0.303. The number of nitrogens with one attached hydrogen (secondary N) is 1. The van der Waals surface area contributed by atoms with Crippen LogP contribution in [-0.2, 0) is 0 Å². The van der Waals surface area contributed by atoms with Gasteiger partial charge in [0.15, 0.2) is 0 Å². The molecule has 0 amide bonds. The molecule has 1 heterocycles. The zero-order valence-electron chi connectivity index (χ0n) is 8.37. The molecule has 5 heteroatoms. The van der Waals surface area contributed by atoms with Crippen LogP contribution in [0.25, 0.3) is 11.0 Å². The molecule has 0 saturated heterocycles. The highest BCUT2D eigenvalue weighted by atomic mass is 35.5. The van der Waals surface area contributed by atoms with Crippen LogP contribution in [-0.4, -0.2) is 35.3 Å². The summed E-state index contributed by atoms with van der Waals surface area (Å²) in [4.78, 5) is 9.37. The number of imidazole rings is 1. The lowest BCUT2D eigenvalue weighted by Gasteiger charge is -2.12. The first-order valence-electron chi connectivity index (χ1n) is 4.68. The molecule has 80 valence electrons. The van der Waals surface area contributed by atoms with Gasteiger partial charge < -0.3 is 15.0 Å². The predicted molar refractivity (Wildman–Crippen MR) is 61.5 cm³/mol. The molecule has 0 aliphatic carbocycles. The Labute approximate surface area is 92.5 Å². The van der Waals surface area contributed by atoms with Crippen molar-refractivity contribution in [3.8, 4) is 0 Å². The highest BCUT2D eigenvalue weighted by Gasteiger charge is 2.06. The molecule has 0 fully saturated rings. The van der Waals surface area contributed by atoms with Gasteiger partial charge in [0, 0.05) is 18.6 Å². The molecule has 1 aromatic carbocycles. The van der Waals surface area contributed by atoms with Crippen molar-refractivity contribution < 1.29 is 5.11 Å². The third-order valence-corrected chi connectivity index (χ3v) is 2.46. The first kappa shape index (κ1) is 10.3. The number of rotatable bonds is 3. The summed E-state index contributed by atoms with van der Waals surface area (Å²) in [7, 11) is 1.87. The fourth-order valence-electron chi connectivity index (χ4n) is 1.41. The van der Waals surface area contributed by atoms with Crippen LogP contribution in [0.15, 0.2) is 18.2 Å².